The van der Waals surface area contributed by atoms with Crippen LogP contribution in [-0.2, 0) is 10.0 Å². The van der Waals surface area contributed by atoms with E-state index in [1.807, 2.05) is 12.1 Å². The van der Waals surface area contributed by atoms with Crippen molar-refractivity contribution in [2.45, 2.75) is 43.6 Å². The molecule has 0 spiro atoms. The molecule has 5 heteroatoms. The first-order valence-corrected chi connectivity index (χ1v) is 8.03. The number of hydrogen-bond donors (Lipinski definition) is 1. The molecule has 4 nitrogen and oxygen atoms in total. The van der Waals surface area contributed by atoms with Crippen molar-refractivity contribution in [3.63, 3.8) is 0 Å². The average Bonchev–Trinajstić information content (AvgIpc) is 2.35. The summed E-state index contributed by atoms with van der Waals surface area (Å²) in [5.74, 6) is 0.432. The molecule has 1 N–H and O–H groups in total. The number of aliphatic hydroxyl groups is 1. The van der Waals surface area contributed by atoms with Crippen LogP contribution in [0.4, 0.5) is 0 Å². The van der Waals surface area contributed by atoms with Crippen LogP contribution in [0.1, 0.15) is 38.7 Å². The minimum Gasteiger partial charge on any atom is -0.387 e. The second-order valence-electron chi connectivity index (χ2n) is 5.65. The van der Waals surface area contributed by atoms with Crippen LogP contribution < -0.4 is 0 Å². The van der Waals surface area contributed by atoms with Crippen molar-refractivity contribution in [2.24, 2.45) is 0 Å². The number of nitrogens with zero attached hydrogens (tertiary/aromatic N) is 1. The zero-order valence-corrected chi connectivity index (χ0v) is 12.4. The topological polar surface area (TPSA) is 57.6 Å². The highest BCUT2D eigenvalue weighted by Gasteiger charge is 2.43. The van der Waals surface area contributed by atoms with Gasteiger partial charge in [0.1, 0.15) is 0 Å². The fourth-order valence-electron chi connectivity index (χ4n) is 2.24. The van der Waals surface area contributed by atoms with Crippen LogP contribution in [0.3, 0.4) is 0 Å². The van der Waals surface area contributed by atoms with E-state index in [-0.39, 0.29) is 13.1 Å². The van der Waals surface area contributed by atoms with Gasteiger partial charge in [-0.15, -0.1) is 0 Å². The Bertz CT molecular complexity index is 541. The molecule has 0 bridgehead atoms. The molecule has 1 atom stereocenters. The highest BCUT2D eigenvalue weighted by molar-refractivity contribution is 7.89. The zero-order chi connectivity index (χ0) is 14.3. The molecule has 1 unspecified atom stereocenters. The SMILES string of the molecule is CCC(C)c1ccc(S(=O)(=O)N2CC(C)(O)C2)cc1. The van der Waals surface area contributed by atoms with Crippen LogP contribution in [0, 0.1) is 0 Å². The molecule has 1 aromatic rings. The highest BCUT2D eigenvalue weighted by Crippen LogP contribution is 2.28. The Labute approximate surface area is 115 Å². The number of benzene rings is 1. The Balaban J connectivity index is 2.18. The van der Waals surface area contributed by atoms with Gasteiger partial charge in [-0.2, -0.15) is 4.31 Å². The van der Waals surface area contributed by atoms with E-state index < -0.39 is 15.6 Å². The monoisotopic (exact) mass is 283 g/mol. The summed E-state index contributed by atoms with van der Waals surface area (Å²) in [6.07, 6.45) is 1.03. The van der Waals surface area contributed by atoms with E-state index in [0.717, 1.165) is 12.0 Å². The molecule has 1 fully saturated rings. The molecule has 2 rings (SSSR count). The normalized spacial score (nSPS) is 20.8. The summed E-state index contributed by atoms with van der Waals surface area (Å²) in [5.41, 5.74) is 0.265. The van der Waals surface area contributed by atoms with Gasteiger partial charge < -0.3 is 5.11 Å². The maximum atomic E-state index is 12.3. The van der Waals surface area contributed by atoms with E-state index >= 15 is 0 Å². The third kappa shape index (κ3) is 2.83. The van der Waals surface area contributed by atoms with Gasteiger partial charge in [0, 0.05) is 13.1 Å². The standard InChI is InChI=1S/C14H21NO3S/c1-4-11(2)12-5-7-13(8-6-12)19(17,18)15-9-14(3,16)10-15/h5-8,11,16H,4,9-10H2,1-3H3. The third-order valence-electron chi connectivity index (χ3n) is 3.73. The minimum absolute atomic E-state index is 0.169. The van der Waals surface area contributed by atoms with Crippen molar-refractivity contribution in [2.75, 3.05) is 13.1 Å². The van der Waals surface area contributed by atoms with Crippen molar-refractivity contribution in [3.8, 4) is 0 Å². The molecule has 1 aliphatic heterocycles. The number of rotatable bonds is 4. The molecule has 1 aliphatic rings. The zero-order valence-electron chi connectivity index (χ0n) is 11.6. The summed E-state index contributed by atoms with van der Waals surface area (Å²) in [7, 11) is -3.45. The van der Waals surface area contributed by atoms with Gasteiger partial charge in [0.2, 0.25) is 10.0 Å². The van der Waals surface area contributed by atoms with E-state index in [0.29, 0.717) is 10.8 Å². The van der Waals surface area contributed by atoms with Crippen LogP contribution >= 0.6 is 0 Å². The summed E-state index contributed by atoms with van der Waals surface area (Å²) in [6.45, 7) is 6.21. The van der Waals surface area contributed by atoms with E-state index in [2.05, 4.69) is 13.8 Å². The first-order valence-electron chi connectivity index (χ1n) is 6.59. The fraction of sp³-hybridized carbons (Fsp3) is 0.571. The van der Waals surface area contributed by atoms with Crippen molar-refractivity contribution in [3.05, 3.63) is 29.8 Å². The first kappa shape index (κ1) is 14.5. The average molecular weight is 283 g/mol. The molecule has 1 heterocycles. The van der Waals surface area contributed by atoms with Gasteiger partial charge in [-0.1, -0.05) is 26.0 Å². The Hall–Kier alpha value is -0.910. The fourth-order valence-corrected chi connectivity index (χ4v) is 3.91. The molecule has 1 aromatic carbocycles. The van der Waals surface area contributed by atoms with Crippen molar-refractivity contribution < 1.29 is 13.5 Å². The van der Waals surface area contributed by atoms with Gasteiger partial charge in [0.25, 0.3) is 0 Å². The van der Waals surface area contributed by atoms with Gasteiger partial charge in [0.05, 0.1) is 10.5 Å². The van der Waals surface area contributed by atoms with Crippen molar-refractivity contribution in [1.82, 2.24) is 4.31 Å². The van der Waals surface area contributed by atoms with Gasteiger partial charge in [-0.3, -0.25) is 0 Å². The van der Waals surface area contributed by atoms with E-state index in [1.165, 1.54) is 4.31 Å². The second kappa shape index (κ2) is 4.89. The van der Waals surface area contributed by atoms with E-state index in [4.69, 9.17) is 0 Å². The third-order valence-corrected chi connectivity index (χ3v) is 5.54. The number of sulfonamides is 1. The maximum absolute atomic E-state index is 12.3. The highest BCUT2D eigenvalue weighted by atomic mass is 32.2. The summed E-state index contributed by atoms with van der Waals surface area (Å²) in [6, 6.07) is 7.06. The number of β-amino-alcohol motifs (C(OH)–C–C–N with tert-alkyl or cyclic N) is 1. The Morgan fingerprint density at radius 1 is 1.32 bits per heavy atom. The smallest absolute Gasteiger partial charge is 0.243 e. The molecule has 0 saturated carbocycles. The summed E-state index contributed by atoms with van der Waals surface area (Å²) in [5, 5.41) is 9.64. The van der Waals surface area contributed by atoms with Gasteiger partial charge >= 0.3 is 0 Å². The molecular weight excluding hydrogens is 262 g/mol. The summed E-state index contributed by atoms with van der Waals surface area (Å²) >= 11 is 0. The second-order valence-corrected chi connectivity index (χ2v) is 7.59. The molecule has 0 radical (unpaired) electrons. The molecule has 0 aromatic heterocycles. The maximum Gasteiger partial charge on any atom is 0.243 e. The van der Waals surface area contributed by atoms with Gasteiger partial charge in [-0.05, 0) is 37.0 Å². The van der Waals surface area contributed by atoms with Crippen molar-refractivity contribution >= 4 is 10.0 Å². The molecule has 19 heavy (non-hydrogen) atoms. The lowest BCUT2D eigenvalue weighted by Gasteiger charge is -2.42. The molecule has 106 valence electrons. The molecule has 1 saturated heterocycles. The Kier molecular flexibility index (Phi) is 3.73. The lowest BCUT2D eigenvalue weighted by Crippen LogP contribution is -2.61. The van der Waals surface area contributed by atoms with Crippen LogP contribution in [0.5, 0.6) is 0 Å². The van der Waals surface area contributed by atoms with E-state index in [9.17, 15) is 13.5 Å². The van der Waals surface area contributed by atoms with Crippen LogP contribution in [0.25, 0.3) is 0 Å². The lowest BCUT2D eigenvalue weighted by atomic mass is 9.99. The predicted molar refractivity (Wildman–Crippen MR) is 74.5 cm³/mol. The molecule has 0 aliphatic carbocycles. The molecular formula is C14H21NO3S. The summed E-state index contributed by atoms with van der Waals surface area (Å²) in [4.78, 5) is 0.301. The van der Waals surface area contributed by atoms with Crippen molar-refractivity contribution in [1.29, 1.82) is 0 Å². The van der Waals surface area contributed by atoms with Gasteiger partial charge in [0.15, 0.2) is 0 Å². The Morgan fingerprint density at radius 3 is 2.26 bits per heavy atom. The van der Waals surface area contributed by atoms with E-state index in [1.54, 1.807) is 19.1 Å². The van der Waals surface area contributed by atoms with Crippen LogP contribution in [0.2, 0.25) is 0 Å². The Morgan fingerprint density at radius 2 is 1.84 bits per heavy atom. The predicted octanol–water partition coefficient (Wildman–Crippen LogP) is 1.96. The largest absolute Gasteiger partial charge is 0.387 e. The quantitative estimate of drug-likeness (QED) is 0.919. The van der Waals surface area contributed by atoms with Crippen LogP contribution in [-0.4, -0.2) is 36.5 Å². The minimum atomic E-state index is -3.45. The lowest BCUT2D eigenvalue weighted by molar-refractivity contribution is -0.0426. The number of hydrogen-bond acceptors (Lipinski definition) is 3. The van der Waals surface area contributed by atoms with Gasteiger partial charge in [-0.25, -0.2) is 8.42 Å². The summed E-state index contributed by atoms with van der Waals surface area (Å²) < 4.78 is 25.8. The molecule has 0 amide bonds. The van der Waals surface area contributed by atoms with Crippen LogP contribution in [0.15, 0.2) is 29.2 Å². The first-order chi connectivity index (χ1) is 8.76.